The minimum atomic E-state index is -0.735. The number of rotatable bonds is 4. The van der Waals surface area contributed by atoms with E-state index in [1.54, 1.807) is 13.8 Å². The van der Waals surface area contributed by atoms with E-state index in [4.69, 9.17) is 11.6 Å². The highest BCUT2D eigenvalue weighted by atomic mass is 35.5. The summed E-state index contributed by atoms with van der Waals surface area (Å²) >= 11 is 5.83. The molecule has 1 aromatic carbocycles. The Morgan fingerprint density at radius 3 is 2.45 bits per heavy atom. The van der Waals surface area contributed by atoms with Crippen LogP contribution in [0, 0.1) is 17.0 Å². The zero-order valence-electron chi connectivity index (χ0n) is 12.7. The highest BCUT2D eigenvalue weighted by molar-refractivity contribution is 6.30. The van der Waals surface area contributed by atoms with Gasteiger partial charge in [0.2, 0.25) is 0 Å². The Hall–Kier alpha value is -0.460. The summed E-state index contributed by atoms with van der Waals surface area (Å²) in [4.78, 5) is 2.00. The number of benzene rings is 1. The molecule has 1 fully saturated rings. The van der Waals surface area contributed by atoms with Crippen LogP contribution in [0.4, 0.5) is 8.78 Å². The van der Waals surface area contributed by atoms with Gasteiger partial charge in [0.15, 0.2) is 0 Å². The van der Waals surface area contributed by atoms with Gasteiger partial charge in [0, 0.05) is 49.8 Å². The first-order valence-corrected chi connectivity index (χ1v) is 7.45. The lowest BCUT2D eigenvalue weighted by Crippen LogP contribution is -2.50. The maximum Gasteiger partial charge on any atom is 0.149 e. The molecule has 0 radical (unpaired) electrons. The Morgan fingerprint density at radius 1 is 1.32 bits per heavy atom. The van der Waals surface area contributed by atoms with Crippen molar-refractivity contribution in [3.8, 4) is 0 Å². The highest BCUT2D eigenvalue weighted by Crippen LogP contribution is 2.41. The van der Waals surface area contributed by atoms with Crippen molar-refractivity contribution in [2.75, 3.05) is 32.8 Å². The molecule has 0 saturated carbocycles. The minimum Gasteiger partial charge on any atom is -0.396 e. The van der Waals surface area contributed by atoms with Gasteiger partial charge in [0.25, 0.3) is 0 Å². The summed E-state index contributed by atoms with van der Waals surface area (Å²) in [5.74, 6) is -1.36. The van der Waals surface area contributed by atoms with Crippen LogP contribution >= 0.6 is 24.0 Å². The highest BCUT2D eigenvalue weighted by Gasteiger charge is 2.39. The lowest BCUT2D eigenvalue weighted by molar-refractivity contribution is 0.0266. The van der Waals surface area contributed by atoms with Crippen molar-refractivity contribution >= 4 is 24.0 Å². The zero-order valence-corrected chi connectivity index (χ0v) is 14.3. The largest absolute Gasteiger partial charge is 0.396 e. The molecule has 0 aliphatic carbocycles. The molecule has 1 heterocycles. The predicted molar refractivity (Wildman–Crippen MR) is 86.7 cm³/mol. The molecule has 7 heteroatoms. The van der Waals surface area contributed by atoms with E-state index in [1.807, 2.05) is 4.90 Å². The van der Waals surface area contributed by atoms with E-state index in [0.717, 1.165) is 13.1 Å². The second kappa shape index (κ2) is 7.88. The van der Waals surface area contributed by atoms with Gasteiger partial charge in [-0.1, -0.05) is 25.4 Å². The number of halogens is 4. The predicted octanol–water partition coefficient (Wildman–Crippen LogP) is 3.00. The molecular weight excluding hydrogens is 333 g/mol. The van der Waals surface area contributed by atoms with Crippen LogP contribution in [0.25, 0.3) is 0 Å². The van der Waals surface area contributed by atoms with Gasteiger partial charge in [0.1, 0.15) is 11.6 Å². The van der Waals surface area contributed by atoms with Gasteiger partial charge in [-0.3, -0.25) is 4.90 Å². The molecule has 0 bridgehead atoms. The van der Waals surface area contributed by atoms with Gasteiger partial charge in [-0.2, -0.15) is 0 Å². The average Bonchev–Trinajstić information content (AvgIpc) is 2.48. The van der Waals surface area contributed by atoms with Crippen LogP contribution in [0.1, 0.15) is 25.5 Å². The number of hydrogen-bond donors (Lipinski definition) is 2. The molecule has 22 heavy (non-hydrogen) atoms. The molecule has 1 aliphatic heterocycles. The van der Waals surface area contributed by atoms with Crippen molar-refractivity contribution in [3.05, 3.63) is 34.4 Å². The van der Waals surface area contributed by atoms with Gasteiger partial charge in [-0.05, 0) is 12.1 Å². The second-order valence-corrected chi connectivity index (χ2v) is 6.50. The molecule has 3 nitrogen and oxygen atoms in total. The van der Waals surface area contributed by atoms with Gasteiger partial charge in [-0.25, -0.2) is 8.78 Å². The van der Waals surface area contributed by atoms with Crippen LogP contribution in [0.15, 0.2) is 12.1 Å². The maximum absolute atomic E-state index is 14.4. The second-order valence-electron chi connectivity index (χ2n) is 6.09. The van der Waals surface area contributed by atoms with Crippen molar-refractivity contribution in [3.63, 3.8) is 0 Å². The number of nitrogens with one attached hydrogen (secondary N) is 1. The van der Waals surface area contributed by atoms with E-state index in [-0.39, 0.29) is 29.6 Å². The Labute approximate surface area is 141 Å². The summed E-state index contributed by atoms with van der Waals surface area (Å²) in [6, 6.07) is 1.84. The van der Waals surface area contributed by atoms with Crippen LogP contribution in [-0.2, 0) is 0 Å². The van der Waals surface area contributed by atoms with Gasteiger partial charge in [0.05, 0.1) is 5.02 Å². The van der Waals surface area contributed by atoms with Crippen LogP contribution in [0.5, 0.6) is 0 Å². The van der Waals surface area contributed by atoms with Crippen molar-refractivity contribution < 1.29 is 13.9 Å². The number of aliphatic hydroxyl groups is 1. The fourth-order valence-electron chi connectivity index (χ4n) is 2.89. The zero-order chi connectivity index (χ0) is 15.6. The van der Waals surface area contributed by atoms with Crippen molar-refractivity contribution in [2.45, 2.75) is 19.9 Å². The average molecular weight is 355 g/mol. The van der Waals surface area contributed by atoms with E-state index in [1.165, 1.54) is 12.1 Å². The molecule has 2 N–H and O–H groups in total. The quantitative estimate of drug-likeness (QED) is 0.816. The third kappa shape index (κ3) is 3.89. The number of piperazine rings is 1. The van der Waals surface area contributed by atoms with Crippen molar-refractivity contribution in [1.82, 2.24) is 10.2 Å². The van der Waals surface area contributed by atoms with Gasteiger partial charge < -0.3 is 10.4 Å². The SMILES string of the molecule is CC(C)(CO)[C@H](c1c(F)ccc(Cl)c1F)N1CCNCC1.Cl. The lowest BCUT2D eigenvalue weighted by atomic mass is 9.79. The van der Waals surface area contributed by atoms with Crippen LogP contribution < -0.4 is 5.32 Å². The summed E-state index contributed by atoms with van der Waals surface area (Å²) in [7, 11) is 0. The first-order chi connectivity index (χ1) is 9.88. The molecule has 126 valence electrons. The standard InChI is InChI=1S/C15H21ClF2N2O.ClH/c1-15(2,9-21)14(20-7-5-19-6-8-20)12-11(17)4-3-10(16)13(12)18;/h3-4,14,19,21H,5-9H2,1-2H3;1H/t14-;/m0./s1. The number of nitrogens with zero attached hydrogens (tertiary/aromatic N) is 1. The van der Waals surface area contributed by atoms with Gasteiger partial charge >= 0.3 is 0 Å². The third-order valence-corrected chi connectivity index (χ3v) is 4.31. The van der Waals surface area contributed by atoms with E-state index in [9.17, 15) is 13.9 Å². The lowest BCUT2D eigenvalue weighted by Gasteiger charge is -2.43. The molecule has 1 saturated heterocycles. The Bertz CT molecular complexity index is 509. The molecule has 0 aromatic heterocycles. The summed E-state index contributed by atoms with van der Waals surface area (Å²) in [6.45, 7) is 6.27. The first kappa shape index (κ1) is 19.6. The van der Waals surface area contributed by atoms with E-state index < -0.39 is 23.1 Å². The third-order valence-electron chi connectivity index (χ3n) is 4.02. The van der Waals surface area contributed by atoms with Crippen molar-refractivity contribution in [1.29, 1.82) is 0 Å². The molecule has 2 rings (SSSR count). The molecule has 0 unspecified atom stereocenters. The minimum absolute atomic E-state index is 0. The van der Waals surface area contributed by atoms with E-state index in [2.05, 4.69) is 5.32 Å². The van der Waals surface area contributed by atoms with E-state index in [0.29, 0.717) is 13.1 Å². The fraction of sp³-hybridized carbons (Fsp3) is 0.600. The molecule has 1 aliphatic rings. The number of hydrogen-bond acceptors (Lipinski definition) is 3. The summed E-state index contributed by atoms with van der Waals surface area (Å²) in [5, 5.41) is 12.8. The van der Waals surface area contributed by atoms with Crippen LogP contribution in [0.2, 0.25) is 5.02 Å². The van der Waals surface area contributed by atoms with Crippen molar-refractivity contribution in [2.24, 2.45) is 5.41 Å². The van der Waals surface area contributed by atoms with Crippen LogP contribution in [-0.4, -0.2) is 42.8 Å². The Kier molecular flexibility index (Phi) is 7.02. The normalized spacial score (nSPS) is 17.9. The number of aliphatic hydroxyl groups excluding tert-OH is 1. The molecule has 0 spiro atoms. The molecule has 1 aromatic rings. The maximum atomic E-state index is 14.4. The topological polar surface area (TPSA) is 35.5 Å². The smallest absolute Gasteiger partial charge is 0.149 e. The molecule has 1 atom stereocenters. The monoisotopic (exact) mass is 354 g/mol. The summed E-state index contributed by atoms with van der Waals surface area (Å²) < 4.78 is 28.7. The summed E-state index contributed by atoms with van der Waals surface area (Å²) in [6.07, 6.45) is 0. The van der Waals surface area contributed by atoms with E-state index >= 15 is 0 Å². The Balaban J connectivity index is 0.00000242. The summed E-state index contributed by atoms with van der Waals surface area (Å²) in [5.41, 5.74) is -0.743. The Morgan fingerprint density at radius 2 is 1.91 bits per heavy atom. The fourth-order valence-corrected chi connectivity index (χ4v) is 3.05. The molecule has 0 amide bonds. The van der Waals surface area contributed by atoms with Crippen LogP contribution in [0.3, 0.4) is 0 Å². The first-order valence-electron chi connectivity index (χ1n) is 7.07. The van der Waals surface area contributed by atoms with Gasteiger partial charge in [-0.15, -0.1) is 12.4 Å². The molecular formula is C15H22Cl2F2N2O.